The van der Waals surface area contributed by atoms with Gasteiger partial charge in [0.05, 0.1) is 5.56 Å². The minimum atomic E-state index is -0.0142. The molecule has 0 spiro atoms. The number of aromatic nitrogens is 4. The standard InChI is InChI=1S/C28H34N8O2/c1-34(2)27(38)23-11-19-13-30-28(33-25(19)36(23)22-10-16-3-4-17(22)9-16)32-24-8-5-18(12-29-24)26(37)35-14-20-6-7-21(15-35)31-20/h5,8,11-13,16-17,20-22,31H,3-4,6-7,9-10,14-15H2,1-2H3,(H,29,30,32,33)/t16-,17?,20+,21?,22+/m1/s1. The lowest BCUT2D eigenvalue weighted by molar-refractivity contribution is 0.0697. The molecule has 5 atom stereocenters. The number of rotatable bonds is 5. The average molecular weight is 515 g/mol. The highest BCUT2D eigenvalue weighted by molar-refractivity contribution is 5.98. The van der Waals surface area contributed by atoms with E-state index in [0.717, 1.165) is 49.3 Å². The molecular weight excluding hydrogens is 480 g/mol. The summed E-state index contributed by atoms with van der Waals surface area (Å²) in [6.07, 6.45) is 10.5. The van der Waals surface area contributed by atoms with Gasteiger partial charge in [0.25, 0.3) is 11.8 Å². The van der Waals surface area contributed by atoms with E-state index in [2.05, 4.69) is 25.2 Å². The number of piperazine rings is 1. The van der Waals surface area contributed by atoms with Gasteiger partial charge in [0.2, 0.25) is 5.95 Å². The number of anilines is 2. The van der Waals surface area contributed by atoms with Gasteiger partial charge in [0.1, 0.15) is 17.2 Å². The molecule has 7 rings (SSSR count). The molecule has 3 aromatic rings. The molecule has 2 saturated heterocycles. The van der Waals surface area contributed by atoms with Crippen molar-refractivity contribution in [3.63, 3.8) is 0 Å². The van der Waals surface area contributed by atoms with Crippen molar-refractivity contribution in [3.05, 3.63) is 41.9 Å². The Labute approximate surface area is 221 Å². The van der Waals surface area contributed by atoms with Crippen molar-refractivity contribution in [2.75, 3.05) is 32.5 Å². The summed E-state index contributed by atoms with van der Waals surface area (Å²) in [5.41, 5.74) is 2.05. The first-order valence-corrected chi connectivity index (χ1v) is 13.8. The van der Waals surface area contributed by atoms with Crippen LogP contribution in [0.3, 0.4) is 0 Å². The van der Waals surface area contributed by atoms with Crippen LogP contribution in [0.2, 0.25) is 0 Å². The molecule has 2 amide bonds. The Kier molecular flexibility index (Phi) is 5.61. The van der Waals surface area contributed by atoms with Gasteiger partial charge < -0.3 is 25.0 Å². The van der Waals surface area contributed by atoms with E-state index in [-0.39, 0.29) is 17.9 Å². The predicted octanol–water partition coefficient (Wildman–Crippen LogP) is 3.21. The van der Waals surface area contributed by atoms with E-state index >= 15 is 0 Å². The van der Waals surface area contributed by atoms with Crippen LogP contribution < -0.4 is 10.6 Å². The van der Waals surface area contributed by atoms with Crippen LogP contribution in [-0.4, -0.2) is 80.4 Å². The summed E-state index contributed by atoms with van der Waals surface area (Å²) in [6, 6.07) is 6.64. The second-order valence-electron chi connectivity index (χ2n) is 11.7. The second-order valence-corrected chi connectivity index (χ2v) is 11.7. The molecule has 4 aliphatic rings. The zero-order chi connectivity index (χ0) is 26.0. The molecular formula is C28H34N8O2. The van der Waals surface area contributed by atoms with E-state index in [1.807, 2.05) is 17.0 Å². The predicted molar refractivity (Wildman–Crippen MR) is 143 cm³/mol. The first-order chi connectivity index (χ1) is 18.4. The zero-order valence-corrected chi connectivity index (χ0v) is 21.9. The molecule has 2 N–H and O–H groups in total. The van der Waals surface area contributed by atoms with Gasteiger partial charge in [0, 0.05) is 63.1 Å². The van der Waals surface area contributed by atoms with E-state index in [9.17, 15) is 9.59 Å². The van der Waals surface area contributed by atoms with E-state index < -0.39 is 0 Å². The highest BCUT2D eigenvalue weighted by Crippen LogP contribution is 2.52. The molecule has 2 aliphatic carbocycles. The van der Waals surface area contributed by atoms with Crippen molar-refractivity contribution in [1.82, 2.24) is 34.6 Å². The summed E-state index contributed by atoms with van der Waals surface area (Å²) in [5.74, 6) is 2.35. The van der Waals surface area contributed by atoms with Gasteiger partial charge in [0.15, 0.2) is 0 Å². The van der Waals surface area contributed by atoms with Crippen LogP contribution >= 0.6 is 0 Å². The van der Waals surface area contributed by atoms with Crippen LogP contribution in [0.25, 0.3) is 11.0 Å². The zero-order valence-electron chi connectivity index (χ0n) is 21.9. The van der Waals surface area contributed by atoms with Gasteiger partial charge in [-0.1, -0.05) is 6.42 Å². The number of hydrogen-bond donors (Lipinski definition) is 2. The first kappa shape index (κ1) is 23.6. The van der Waals surface area contributed by atoms with E-state index in [4.69, 9.17) is 4.98 Å². The lowest BCUT2D eigenvalue weighted by Gasteiger charge is -2.32. The molecule has 2 aliphatic heterocycles. The Balaban J connectivity index is 1.14. The Morgan fingerprint density at radius 1 is 1.03 bits per heavy atom. The molecule has 2 saturated carbocycles. The fourth-order valence-electron chi connectivity index (χ4n) is 7.18. The Hall–Kier alpha value is -3.53. The normalized spacial score (nSPS) is 27.7. The fourth-order valence-corrected chi connectivity index (χ4v) is 7.18. The maximum Gasteiger partial charge on any atom is 0.270 e. The van der Waals surface area contributed by atoms with Crippen molar-refractivity contribution in [2.24, 2.45) is 11.8 Å². The van der Waals surface area contributed by atoms with Crippen molar-refractivity contribution >= 4 is 34.6 Å². The van der Waals surface area contributed by atoms with Gasteiger partial charge in [-0.2, -0.15) is 4.98 Å². The van der Waals surface area contributed by atoms with Crippen LogP contribution in [0.15, 0.2) is 30.6 Å². The highest BCUT2D eigenvalue weighted by Gasteiger charge is 2.42. The van der Waals surface area contributed by atoms with Crippen LogP contribution in [0.1, 0.15) is 65.4 Å². The molecule has 0 radical (unpaired) electrons. The summed E-state index contributed by atoms with van der Waals surface area (Å²) in [7, 11) is 3.58. The quantitative estimate of drug-likeness (QED) is 0.538. The van der Waals surface area contributed by atoms with Crippen molar-refractivity contribution in [3.8, 4) is 0 Å². The molecule has 38 heavy (non-hydrogen) atoms. The lowest BCUT2D eigenvalue weighted by Crippen LogP contribution is -2.53. The van der Waals surface area contributed by atoms with E-state index in [0.29, 0.717) is 41.0 Å². The highest BCUT2D eigenvalue weighted by atomic mass is 16.2. The molecule has 5 heterocycles. The second kappa shape index (κ2) is 9.04. The molecule has 10 nitrogen and oxygen atoms in total. The van der Waals surface area contributed by atoms with Gasteiger partial charge >= 0.3 is 0 Å². The summed E-state index contributed by atoms with van der Waals surface area (Å²) >= 11 is 0. The van der Waals surface area contributed by atoms with E-state index in [1.54, 1.807) is 37.5 Å². The maximum atomic E-state index is 13.1. The Morgan fingerprint density at radius 2 is 1.84 bits per heavy atom. The third-order valence-electron chi connectivity index (χ3n) is 8.99. The van der Waals surface area contributed by atoms with Gasteiger partial charge in [-0.15, -0.1) is 0 Å². The minimum absolute atomic E-state index is 0.0142. The Bertz CT molecular complexity index is 1390. The SMILES string of the molecule is CN(C)C(=O)c1cc2cnc(Nc3ccc(C(=O)N4CC5CC[C@@H](C4)N5)cn3)nc2n1[C@H]1C[C@@H]2CCC1C2. The summed E-state index contributed by atoms with van der Waals surface area (Å²) in [4.78, 5) is 43.6. The summed E-state index contributed by atoms with van der Waals surface area (Å²) in [6.45, 7) is 1.51. The number of hydrogen-bond acceptors (Lipinski definition) is 7. The van der Waals surface area contributed by atoms with Crippen molar-refractivity contribution < 1.29 is 9.59 Å². The lowest BCUT2D eigenvalue weighted by atomic mass is 9.95. The molecule has 3 aromatic heterocycles. The van der Waals surface area contributed by atoms with Crippen LogP contribution in [-0.2, 0) is 0 Å². The van der Waals surface area contributed by atoms with Crippen LogP contribution in [0.5, 0.6) is 0 Å². The van der Waals surface area contributed by atoms with Gasteiger partial charge in [-0.25, -0.2) is 9.97 Å². The minimum Gasteiger partial charge on any atom is -0.343 e. The number of carbonyl (C=O) groups excluding carboxylic acids is 2. The summed E-state index contributed by atoms with van der Waals surface area (Å²) in [5, 5.41) is 7.63. The molecule has 0 aromatic carbocycles. The molecule has 2 unspecified atom stereocenters. The molecule has 198 valence electrons. The smallest absolute Gasteiger partial charge is 0.270 e. The van der Waals surface area contributed by atoms with Crippen LogP contribution in [0, 0.1) is 11.8 Å². The number of amides is 2. The van der Waals surface area contributed by atoms with Crippen molar-refractivity contribution in [1.29, 1.82) is 0 Å². The maximum absolute atomic E-state index is 13.1. The number of likely N-dealkylation sites (tertiary alicyclic amines) is 1. The van der Waals surface area contributed by atoms with E-state index in [1.165, 1.54) is 19.3 Å². The number of fused-ring (bicyclic) bond motifs is 5. The number of nitrogens with one attached hydrogen (secondary N) is 2. The molecule has 4 bridgehead atoms. The van der Waals surface area contributed by atoms with Gasteiger partial charge in [-0.05, 0) is 62.1 Å². The van der Waals surface area contributed by atoms with Gasteiger partial charge in [-0.3, -0.25) is 9.59 Å². The topological polar surface area (TPSA) is 108 Å². The summed E-state index contributed by atoms with van der Waals surface area (Å²) < 4.78 is 2.17. The monoisotopic (exact) mass is 514 g/mol. The largest absolute Gasteiger partial charge is 0.343 e. The fraction of sp³-hybridized carbons (Fsp3) is 0.536. The molecule has 4 fully saturated rings. The number of pyridine rings is 1. The first-order valence-electron chi connectivity index (χ1n) is 13.8. The number of nitrogens with zero attached hydrogens (tertiary/aromatic N) is 6. The molecule has 10 heteroatoms. The average Bonchev–Trinajstić information content (AvgIpc) is 3.71. The van der Waals surface area contributed by atoms with Crippen LogP contribution in [0.4, 0.5) is 11.8 Å². The third kappa shape index (κ3) is 4.02. The van der Waals surface area contributed by atoms with Crippen molar-refractivity contribution in [2.45, 2.75) is 56.7 Å². The number of carbonyl (C=O) groups is 2. The Morgan fingerprint density at radius 3 is 2.50 bits per heavy atom. The third-order valence-corrected chi connectivity index (χ3v) is 8.99.